The van der Waals surface area contributed by atoms with Gasteiger partial charge in [0.1, 0.15) is 0 Å². The topological polar surface area (TPSA) is 9.23 Å². The van der Waals surface area contributed by atoms with Crippen molar-refractivity contribution in [2.75, 3.05) is 13.7 Å². The van der Waals surface area contributed by atoms with E-state index in [1.165, 1.54) is 0 Å². The zero-order valence-electron chi connectivity index (χ0n) is 12.4. The summed E-state index contributed by atoms with van der Waals surface area (Å²) in [7, 11) is 1.68. The van der Waals surface area contributed by atoms with Gasteiger partial charge in [0, 0.05) is 13.7 Å². The molecule has 0 amide bonds. The van der Waals surface area contributed by atoms with Gasteiger partial charge in [-0.25, -0.2) is 0 Å². The molecule has 0 aliphatic carbocycles. The average Bonchev–Trinajstić information content (AvgIpc) is 2.37. The van der Waals surface area contributed by atoms with E-state index >= 15 is 0 Å². The molecule has 0 atom stereocenters. The highest BCUT2D eigenvalue weighted by molar-refractivity contribution is 5.17. The van der Waals surface area contributed by atoms with E-state index in [-0.39, 0.29) is 0 Å². The lowest BCUT2D eigenvalue weighted by Gasteiger charge is -1.80. The van der Waals surface area contributed by atoms with Crippen molar-refractivity contribution in [2.45, 2.75) is 20.8 Å². The van der Waals surface area contributed by atoms with E-state index in [4.69, 9.17) is 0 Å². The van der Waals surface area contributed by atoms with Gasteiger partial charge >= 0.3 is 0 Å². The van der Waals surface area contributed by atoms with Crippen LogP contribution in [0.2, 0.25) is 0 Å². The molecule has 1 nitrogen and oxygen atoms in total. The Morgan fingerprint density at radius 1 is 1.11 bits per heavy atom. The SMILES string of the molecule is C=C/C=C(/C)C=C.C=C/C=C\C(=C)C.CCOC. The van der Waals surface area contributed by atoms with Gasteiger partial charge in [-0.3, -0.25) is 0 Å². The van der Waals surface area contributed by atoms with E-state index < -0.39 is 0 Å². The molecule has 0 spiro atoms. The summed E-state index contributed by atoms with van der Waals surface area (Å²) >= 11 is 0. The Kier molecular flexibility index (Phi) is 25.0. The maximum Gasteiger partial charge on any atom is 0.0433 e. The quantitative estimate of drug-likeness (QED) is 0.603. The summed E-state index contributed by atoms with van der Waals surface area (Å²) in [5.41, 5.74) is 2.20. The zero-order chi connectivity index (χ0) is 14.8. The molecule has 0 saturated carbocycles. The molecule has 0 aromatic carbocycles. The van der Waals surface area contributed by atoms with Crippen molar-refractivity contribution in [3.63, 3.8) is 0 Å². The third kappa shape index (κ3) is 36.6. The van der Waals surface area contributed by atoms with Gasteiger partial charge in [0.15, 0.2) is 0 Å². The van der Waals surface area contributed by atoms with Crippen LogP contribution in [0.15, 0.2) is 73.9 Å². The molecule has 0 aromatic heterocycles. The average molecular weight is 248 g/mol. The first-order valence-corrected chi connectivity index (χ1v) is 5.85. The fourth-order valence-electron chi connectivity index (χ4n) is 0.486. The first kappa shape index (κ1) is 21.7. The van der Waals surface area contributed by atoms with Crippen LogP contribution in [0.25, 0.3) is 0 Å². The smallest absolute Gasteiger partial charge is 0.0433 e. The van der Waals surface area contributed by atoms with Crippen LogP contribution in [0.3, 0.4) is 0 Å². The lowest BCUT2D eigenvalue weighted by atomic mass is 10.3. The van der Waals surface area contributed by atoms with Crippen LogP contribution in [0.4, 0.5) is 0 Å². The van der Waals surface area contributed by atoms with Crippen molar-refractivity contribution in [1.82, 2.24) is 0 Å². The van der Waals surface area contributed by atoms with Crippen LogP contribution in [0.5, 0.6) is 0 Å². The number of methoxy groups -OCH3 is 1. The van der Waals surface area contributed by atoms with Crippen LogP contribution >= 0.6 is 0 Å². The van der Waals surface area contributed by atoms with Crippen molar-refractivity contribution < 1.29 is 4.74 Å². The summed E-state index contributed by atoms with van der Waals surface area (Å²) in [4.78, 5) is 0. The van der Waals surface area contributed by atoms with E-state index in [2.05, 4.69) is 31.1 Å². The van der Waals surface area contributed by atoms with E-state index in [0.29, 0.717) is 0 Å². The molecule has 0 heterocycles. The second-order valence-corrected chi connectivity index (χ2v) is 3.37. The van der Waals surface area contributed by atoms with Crippen molar-refractivity contribution in [3.05, 3.63) is 73.9 Å². The number of rotatable bonds is 5. The van der Waals surface area contributed by atoms with Gasteiger partial charge < -0.3 is 4.74 Å². The number of allylic oxidation sites excluding steroid dienone is 8. The lowest BCUT2D eigenvalue weighted by Crippen LogP contribution is -1.73. The molecular weight excluding hydrogens is 220 g/mol. The fourth-order valence-corrected chi connectivity index (χ4v) is 0.486. The molecule has 18 heavy (non-hydrogen) atoms. The Balaban J connectivity index is -0.000000196. The van der Waals surface area contributed by atoms with E-state index in [9.17, 15) is 0 Å². The first-order valence-electron chi connectivity index (χ1n) is 5.85. The normalized spacial score (nSPS) is 9.44. The van der Waals surface area contributed by atoms with Gasteiger partial charge in [0.05, 0.1) is 0 Å². The minimum atomic E-state index is 0.819. The van der Waals surface area contributed by atoms with Crippen LogP contribution in [0.1, 0.15) is 20.8 Å². The van der Waals surface area contributed by atoms with Gasteiger partial charge in [0.25, 0.3) is 0 Å². The molecule has 0 fully saturated rings. The Bertz CT molecular complexity index is 278. The number of hydrogen-bond donors (Lipinski definition) is 0. The summed E-state index contributed by atoms with van der Waals surface area (Å²) < 4.78 is 4.54. The predicted molar refractivity (Wildman–Crippen MR) is 85.9 cm³/mol. The van der Waals surface area contributed by atoms with Crippen LogP contribution in [-0.4, -0.2) is 13.7 Å². The van der Waals surface area contributed by atoms with Gasteiger partial charge in [-0.05, 0) is 20.8 Å². The van der Waals surface area contributed by atoms with E-state index in [1.807, 2.05) is 39.0 Å². The van der Waals surface area contributed by atoms with Crippen LogP contribution in [0, 0.1) is 0 Å². The third-order valence-corrected chi connectivity index (χ3v) is 1.51. The maximum absolute atomic E-state index is 4.54. The van der Waals surface area contributed by atoms with Crippen molar-refractivity contribution >= 4 is 0 Å². The second-order valence-electron chi connectivity index (χ2n) is 3.37. The fraction of sp³-hybridized carbons (Fsp3) is 0.294. The van der Waals surface area contributed by atoms with Crippen LogP contribution in [-0.2, 0) is 4.74 Å². The van der Waals surface area contributed by atoms with Gasteiger partial charge in [-0.15, -0.1) is 0 Å². The monoisotopic (exact) mass is 248 g/mol. The molecular formula is C17H28O. The minimum absolute atomic E-state index is 0.819. The van der Waals surface area contributed by atoms with Gasteiger partial charge in [-0.2, -0.15) is 0 Å². The highest BCUT2D eigenvalue weighted by Crippen LogP contribution is 1.90. The highest BCUT2D eigenvalue weighted by Gasteiger charge is 1.69. The first-order chi connectivity index (χ1) is 8.49. The molecule has 0 aliphatic rings. The Morgan fingerprint density at radius 2 is 1.61 bits per heavy atom. The zero-order valence-corrected chi connectivity index (χ0v) is 12.4. The highest BCUT2D eigenvalue weighted by atomic mass is 16.5. The largest absolute Gasteiger partial charge is 0.385 e. The Labute approximate surface area is 114 Å². The molecule has 0 aliphatic heterocycles. The molecule has 0 rings (SSSR count). The minimum Gasteiger partial charge on any atom is -0.385 e. The number of ether oxygens (including phenoxy) is 1. The molecule has 0 radical (unpaired) electrons. The molecule has 0 N–H and O–H groups in total. The molecule has 0 unspecified atom stereocenters. The predicted octanol–water partition coefficient (Wildman–Crippen LogP) is 5.26. The summed E-state index contributed by atoms with van der Waals surface area (Å²) in [6.07, 6.45) is 11.0. The van der Waals surface area contributed by atoms with Crippen LogP contribution < -0.4 is 0 Å². The Hall–Kier alpha value is -1.60. The maximum atomic E-state index is 4.54. The Morgan fingerprint density at radius 3 is 1.72 bits per heavy atom. The number of hydrogen-bond acceptors (Lipinski definition) is 1. The summed E-state index contributed by atoms with van der Waals surface area (Å²) in [5, 5.41) is 0. The third-order valence-electron chi connectivity index (χ3n) is 1.51. The standard InChI is InChI=1S/2C7H10.C3H8O/c1-4-5-6-7(2)3;1-4-6-7(3)5-2;1-3-4-2/h2*4-6H,1-2H2,3H3;3H2,1-2H3/b6-5-;7-6-;. The van der Waals surface area contributed by atoms with E-state index in [0.717, 1.165) is 17.8 Å². The molecule has 0 saturated heterocycles. The van der Waals surface area contributed by atoms with E-state index in [1.54, 1.807) is 25.3 Å². The lowest BCUT2D eigenvalue weighted by molar-refractivity contribution is 0.215. The van der Waals surface area contributed by atoms with Crippen molar-refractivity contribution in [1.29, 1.82) is 0 Å². The second kappa shape index (κ2) is 20.8. The van der Waals surface area contributed by atoms with Gasteiger partial charge in [0.2, 0.25) is 0 Å². The molecule has 102 valence electrons. The van der Waals surface area contributed by atoms with Gasteiger partial charge in [-0.1, -0.05) is 73.9 Å². The molecule has 0 bridgehead atoms. The summed E-state index contributed by atoms with van der Waals surface area (Å²) in [6, 6.07) is 0. The summed E-state index contributed by atoms with van der Waals surface area (Å²) in [5.74, 6) is 0. The molecule has 0 aromatic rings. The van der Waals surface area contributed by atoms with Crippen molar-refractivity contribution in [2.24, 2.45) is 0 Å². The molecule has 1 heteroatoms. The van der Waals surface area contributed by atoms with Crippen molar-refractivity contribution in [3.8, 4) is 0 Å². The summed E-state index contributed by atoms with van der Waals surface area (Å²) in [6.45, 7) is 21.0.